The molecule has 1 saturated heterocycles. The van der Waals surface area contributed by atoms with Crippen molar-refractivity contribution in [3.63, 3.8) is 0 Å². The Morgan fingerprint density at radius 2 is 2.15 bits per heavy atom. The Morgan fingerprint density at radius 3 is 2.70 bits per heavy atom. The second kappa shape index (κ2) is 4.96. The van der Waals surface area contributed by atoms with Crippen LogP contribution in [0.4, 0.5) is 5.82 Å². The number of hydrogen-bond donors (Lipinski definition) is 1. The molecule has 110 valence electrons. The molecule has 2 heterocycles. The van der Waals surface area contributed by atoms with Gasteiger partial charge >= 0.3 is 0 Å². The number of carbonyl (C=O) groups is 2. The van der Waals surface area contributed by atoms with Gasteiger partial charge in [0.2, 0.25) is 0 Å². The van der Waals surface area contributed by atoms with Crippen LogP contribution < -0.4 is 5.32 Å². The number of aromatic nitrogens is 1. The fourth-order valence-corrected chi connectivity index (χ4v) is 3.08. The molecule has 0 bridgehead atoms. The molecule has 1 atom stereocenters. The summed E-state index contributed by atoms with van der Waals surface area (Å²) in [6.07, 6.45) is 0. The van der Waals surface area contributed by atoms with Gasteiger partial charge in [-0.3, -0.25) is 9.59 Å². The summed E-state index contributed by atoms with van der Waals surface area (Å²) >= 11 is 0. The molecule has 1 aromatic rings. The molecule has 0 radical (unpaired) electrons. The number of likely N-dealkylation sites (N-methyl/N-ethyl adjacent to an activating group) is 2. The minimum absolute atomic E-state index is 0.130. The molecule has 1 N–H and O–H groups in total. The quantitative estimate of drug-likeness (QED) is 0.700. The highest BCUT2D eigenvalue weighted by Gasteiger charge is 2.44. The van der Waals surface area contributed by atoms with Gasteiger partial charge in [-0.1, -0.05) is 5.16 Å². The highest BCUT2D eigenvalue weighted by atomic mass is 32.2. The first kappa shape index (κ1) is 14.6. The summed E-state index contributed by atoms with van der Waals surface area (Å²) < 4.78 is 30.2. The Hall–Kier alpha value is -1.78. The predicted molar refractivity (Wildman–Crippen MR) is 68.0 cm³/mol. The van der Waals surface area contributed by atoms with Crippen LogP contribution in [0, 0.1) is 6.92 Å². The minimum Gasteiger partial charge on any atom is -0.360 e. The van der Waals surface area contributed by atoms with Crippen LogP contribution in [0.15, 0.2) is 10.6 Å². The van der Waals surface area contributed by atoms with E-state index in [0.717, 1.165) is 8.61 Å². The van der Waals surface area contributed by atoms with E-state index in [9.17, 15) is 18.0 Å². The van der Waals surface area contributed by atoms with Gasteiger partial charge in [0.05, 0.1) is 6.54 Å². The number of amides is 1. The van der Waals surface area contributed by atoms with Crippen molar-refractivity contribution < 1.29 is 22.5 Å². The lowest BCUT2D eigenvalue weighted by Gasteiger charge is -2.34. The molecule has 20 heavy (non-hydrogen) atoms. The molecule has 10 heteroatoms. The Morgan fingerprint density at radius 1 is 1.50 bits per heavy atom. The monoisotopic (exact) mass is 302 g/mol. The smallest absolute Gasteiger partial charge is 0.283 e. The summed E-state index contributed by atoms with van der Waals surface area (Å²) in [5.74, 6) is -0.661. The van der Waals surface area contributed by atoms with Crippen LogP contribution in [0.2, 0.25) is 0 Å². The molecule has 1 amide bonds. The van der Waals surface area contributed by atoms with Crippen LogP contribution in [0.25, 0.3) is 0 Å². The molecule has 1 aliphatic rings. The molecular weight excluding hydrogens is 288 g/mol. The fourth-order valence-electron chi connectivity index (χ4n) is 1.87. The van der Waals surface area contributed by atoms with Crippen LogP contribution >= 0.6 is 0 Å². The Labute approximate surface area is 115 Å². The summed E-state index contributed by atoms with van der Waals surface area (Å²) in [6, 6.07) is 0.0550. The highest BCUT2D eigenvalue weighted by Crippen LogP contribution is 2.18. The molecule has 1 unspecified atom stereocenters. The van der Waals surface area contributed by atoms with E-state index in [-0.39, 0.29) is 12.4 Å². The second-order valence-electron chi connectivity index (χ2n) is 4.46. The van der Waals surface area contributed by atoms with E-state index < -0.39 is 27.9 Å². The van der Waals surface area contributed by atoms with Crippen LogP contribution in [0.1, 0.15) is 5.76 Å². The van der Waals surface area contributed by atoms with Gasteiger partial charge in [-0.05, 0) is 6.92 Å². The minimum atomic E-state index is -3.81. The third-order valence-corrected chi connectivity index (χ3v) is 4.79. The zero-order chi connectivity index (χ0) is 15.1. The number of carbonyl (C=O) groups excluding carboxylic acids is 2. The maximum absolute atomic E-state index is 12.1. The van der Waals surface area contributed by atoms with Gasteiger partial charge in [-0.15, -0.1) is 0 Å². The van der Waals surface area contributed by atoms with Crippen LogP contribution in [0.5, 0.6) is 0 Å². The van der Waals surface area contributed by atoms with Gasteiger partial charge in [0.15, 0.2) is 17.6 Å². The van der Waals surface area contributed by atoms with E-state index in [0.29, 0.717) is 5.76 Å². The number of rotatable bonds is 2. The normalized spacial score (nSPS) is 23.8. The summed E-state index contributed by atoms with van der Waals surface area (Å²) in [5.41, 5.74) is 0. The van der Waals surface area contributed by atoms with Gasteiger partial charge in [0.1, 0.15) is 5.76 Å². The molecule has 0 aromatic carbocycles. The van der Waals surface area contributed by atoms with Crippen molar-refractivity contribution in [1.29, 1.82) is 0 Å². The Balaban J connectivity index is 2.22. The predicted octanol–water partition coefficient (Wildman–Crippen LogP) is -1.02. The molecule has 2 rings (SSSR count). The SMILES string of the molecule is Cc1cc(NC(=O)C2C(=O)CN(C)S(=O)(=O)N2C)no1. The standard InChI is InChI=1S/C10H14N4O5S/c1-6-4-8(12-19-6)11-10(16)9-7(15)5-13(2)20(17,18)14(9)3/h4,9H,5H2,1-3H3,(H,11,12,16). The largest absolute Gasteiger partial charge is 0.360 e. The molecule has 1 aromatic heterocycles. The molecule has 1 fully saturated rings. The first-order valence-electron chi connectivity index (χ1n) is 5.69. The van der Waals surface area contributed by atoms with Gasteiger partial charge in [0, 0.05) is 20.2 Å². The van der Waals surface area contributed by atoms with E-state index in [1.54, 1.807) is 6.92 Å². The van der Waals surface area contributed by atoms with Crippen molar-refractivity contribution in [2.45, 2.75) is 13.0 Å². The maximum atomic E-state index is 12.1. The summed E-state index contributed by atoms with van der Waals surface area (Å²) in [7, 11) is -1.35. The number of ketones is 1. The number of aryl methyl sites for hydroxylation is 1. The molecule has 9 nitrogen and oxygen atoms in total. The average molecular weight is 302 g/mol. The van der Waals surface area contributed by atoms with E-state index in [4.69, 9.17) is 4.52 Å². The van der Waals surface area contributed by atoms with Crippen molar-refractivity contribution in [2.75, 3.05) is 26.0 Å². The number of anilines is 1. The first-order valence-corrected chi connectivity index (χ1v) is 7.09. The van der Waals surface area contributed by atoms with Crippen molar-refractivity contribution in [3.8, 4) is 0 Å². The topological polar surface area (TPSA) is 113 Å². The zero-order valence-electron chi connectivity index (χ0n) is 11.2. The molecule has 1 aliphatic heterocycles. The molecule has 0 spiro atoms. The zero-order valence-corrected chi connectivity index (χ0v) is 12.0. The number of hydrogen-bond acceptors (Lipinski definition) is 6. The van der Waals surface area contributed by atoms with Gasteiger partial charge in [-0.2, -0.15) is 17.0 Å². The van der Waals surface area contributed by atoms with Crippen molar-refractivity contribution in [2.24, 2.45) is 0 Å². The van der Waals surface area contributed by atoms with E-state index in [2.05, 4.69) is 10.5 Å². The molecule has 0 aliphatic carbocycles. The summed E-state index contributed by atoms with van der Waals surface area (Å²) in [5, 5.41) is 5.91. The molecular formula is C10H14N4O5S. The van der Waals surface area contributed by atoms with Crippen molar-refractivity contribution in [3.05, 3.63) is 11.8 Å². The lowest BCUT2D eigenvalue weighted by molar-refractivity contribution is -0.131. The van der Waals surface area contributed by atoms with E-state index in [1.807, 2.05) is 0 Å². The van der Waals surface area contributed by atoms with Gasteiger partial charge < -0.3 is 9.84 Å². The second-order valence-corrected chi connectivity index (χ2v) is 6.56. The van der Waals surface area contributed by atoms with E-state index >= 15 is 0 Å². The van der Waals surface area contributed by atoms with Gasteiger partial charge in [0.25, 0.3) is 16.1 Å². The van der Waals surface area contributed by atoms with Gasteiger partial charge in [-0.25, -0.2) is 0 Å². The first-order chi connectivity index (χ1) is 9.23. The number of nitrogens with one attached hydrogen (secondary N) is 1. The Bertz CT molecular complexity index is 652. The lowest BCUT2D eigenvalue weighted by Crippen LogP contribution is -2.60. The third-order valence-electron chi connectivity index (χ3n) is 2.93. The van der Waals surface area contributed by atoms with Crippen LogP contribution in [-0.2, 0) is 19.8 Å². The highest BCUT2D eigenvalue weighted by molar-refractivity contribution is 7.86. The summed E-state index contributed by atoms with van der Waals surface area (Å²) in [4.78, 5) is 23.9. The van der Waals surface area contributed by atoms with Crippen LogP contribution in [-0.4, -0.2) is 60.6 Å². The number of Topliss-reactive ketones (excluding diaryl/α,β-unsaturated/α-hetero) is 1. The average Bonchev–Trinajstić information content (AvgIpc) is 2.72. The third kappa shape index (κ3) is 2.44. The summed E-state index contributed by atoms with van der Waals surface area (Å²) in [6.45, 7) is 1.29. The maximum Gasteiger partial charge on any atom is 0.283 e. The molecule has 0 saturated carbocycles. The number of nitrogens with zero attached hydrogens (tertiary/aromatic N) is 3. The van der Waals surface area contributed by atoms with Crippen molar-refractivity contribution >= 4 is 27.7 Å². The van der Waals surface area contributed by atoms with E-state index in [1.165, 1.54) is 20.2 Å². The fraction of sp³-hybridized carbons (Fsp3) is 0.500. The lowest BCUT2D eigenvalue weighted by atomic mass is 10.1. The van der Waals surface area contributed by atoms with Crippen LogP contribution in [0.3, 0.4) is 0 Å². The van der Waals surface area contributed by atoms with Crippen molar-refractivity contribution in [1.82, 2.24) is 13.8 Å². The Kier molecular flexibility index (Phi) is 3.63.